The molecule has 1 N–H and O–H groups in total. The van der Waals surface area contributed by atoms with E-state index in [2.05, 4.69) is 15.0 Å². The Morgan fingerprint density at radius 3 is 2.75 bits per heavy atom. The molecule has 0 amide bonds. The molecule has 0 spiro atoms. The predicted octanol–water partition coefficient (Wildman–Crippen LogP) is 2.27. The Bertz CT molecular complexity index is 303. The molecule has 0 saturated heterocycles. The van der Waals surface area contributed by atoms with Gasteiger partial charge >= 0.3 is 6.36 Å². The minimum Gasteiger partial charge on any atom is -0.307 e. The average molecular weight is 234 g/mol. The van der Waals surface area contributed by atoms with Crippen LogP contribution in [0.4, 0.5) is 13.2 Å². The van der Waals surface area contributed by atoms with Crippen LogP contribution >= 0.6 is 0 Å². The molecular formula is C10H13F3N2O. The van der Waals surface area contributed by atoms with E-state index in [0.717, 1.165) is 5.69 Å². The van der Waals surface area contributed by atoms with Gasteiger partial charge in [0, 0.05) is 18.8 Å². The summed E-state index contributed by atoms with van der Waals surface area (Å²) in [6, 6.07) is 5.32. The van der Waals surface area contributed by atoms with Gasteiger partial charge in [0.1, 0.15) is 0 Å². The van der Waals surface area contributed by atoms with E-state index in [1.807, 2.05) is 19.1 Å². The quantitative estimate of drug-likeness (QED) is 0.793. The molecule has 0 bridgehead atoms. The molecule has 0 unspecified atom stereocenters. The maximum Gasteiger partial charge on any atom is 0.522 e. The van der Waals surface area contributed by atoms with Crippen LogP contribution in [-0.4, -0.2) is 24.5 Å². The van der Waals surface area contributed by atoms with E-state index in [4.69, 9.17) is 0 Å². The standard InChI is InChI=1S/C10H13F3N2O/c1-8(9-4-2-3-5-15-9)14-6-7-16-10(11,12)13/h2-5,8,14H,6-7H2,1H3/t8-/m1/s1. The highest BCUT2D eigenvalue weighted by molar-refractivity contribution is 5.07. The fourth-order valence-electron chi connectivity index (χ4n) is 1.18. The summed E-state index contributed by atoms with van der Waals surface area (Å²) >= 11 is 0. The number of hydrogen-bond acceptors (Lipinski definition) is 3. The Hall–Kier alpha value is -1.14. The fraction of sp³-hybridized carbons (Fsp3) is 0.500. The van der Waals surface area contributed by atoms with E-state index in [0.29, 0.717) is 0 Å². The third-order valence-corrected chi connectivity index (χ3v) is 1.95. The van der Waals surface area contributed by atoms with Crippen molar-refractivity contribution in [3.8, 4) is 0 Å². The van der Waals surface area contributed by atoms with Crippen molar-refractivity contribution in [1.82, 2.24) is 10.3 Å². The number of aromatic nitrogens is 1. The lowest BCUT2D eigenvalue weighted by Gasteiger charge is -2.13. The first-order chi connectivity index (χ1) is 7.49. The molecule has 3 nitrogen and oxygen atoms in total. The number of alkyl halides is 3. The van der Waals surface area contributed by atoms with Crippen molar-refractivity contribution in [2.24, 2.45) is 0 Å². The van der Waals surface area contributed by atoms with Gasteiger partial charge in [-0.05, 0) is 19.1 Å². The minimum atomic E-state index is -4.56. The number of halogens is 3. The number of rotatable bonds is 5. The van der Waals surface area contributed by atoms with Crippen LogP contribution in [0.5, 0.6) is 0 Å². The van der Waals surface area contributed by atoms with Crippen LogP contribution in [0.15, 0.2) is 24.4 Å². The Balaban J connectivity index is 2.24. The van der Waals surface area contributed by atoms with Gasteiger partial charge in [0.25, 0.3) is 0 Å². The molecule has 0 fully saturated rings. The predicted molar refractivity (Wildman–Crippen MR) is 52.7 cm³/mol. The smallest absolute Gasteiger partial charge is 0.307 e. The maximum atomic E-state index is 11.6. The van der Waals surface area contributed by atoms with Crippen molar-refractivity contribution in [3.63, 3.8) is 0 Å². The van der Waals surface area contributed by atoms with Crippen molar-refractivity contribution < 1.29 is 17.9 Å². The first-order valence-corrected chi connectivity index (χ1v) is 4.84. The van der Waals surface area contributed by atoms with Gasteiger partial charge < -0.3 is 5.32 Å². The Labute approximate surface area is 91.6 Å². The van der Waals surface area contributed by atoms with Crippen LogP contribution in [0.1, 0.15) is 18.7 Å². The largest absolute Gasteiger partial charge is 0.522 e. The van der Waals surface area contributed by atoms with Crippen molar-refractivity contribution >= 4 is 0 Å². The zero-order valence-electron chi connectivity index (χ0n) is 8.79. The second kappa shape index (κ2) is 5.81. The van der Waals surface area contributed by atoms with Crippen molar-refractivity contribution in [2.45, 2.75) is 19.3 Å². The molecule has 1 aromatic rings. The Kier molecular flexibility index (Phi) is 4.70. The summed E-state index contributed by atoms with van der Waals surface area (Å²) in [5.74, 6) is 0. The first kappa shape index (κ1) is 12.9. The molecular weight excluding hydrogens is 221 g/mol. The lowest BCUT2D eigenvalue weighted by molar-refractivity contribution is -0.323. The molecule has 1 rings (SSSR count). The zero-order chi connectivity index (χ0) is 12.0. The van der Waals surface area contributed by atoms with Crippen molar-refractivity contribution in [2.75, 3.05) is 13.2 Å². The molecule has 1 atom stereocenters. The van der Waals surface area contributed by atoms with Crippen LogP contribution in [0.3, 0.4) is 0 Å². The molecule has 0 aliphatic heterocycles. The molecule has 0 aliphatic rings. The normalized spacial score (nSPS) is 13.8. The average Bonchev–Trinajstić information content (AvgIpc) is 2.24. The van der Waals surface area contributed by atoms with Gasteiger partial charge in [-0.2, -0.15) is 0 Å². The van der Waals surface area contributed by atoms with Crippen molar-refractivity contribution in [1.29, 1.82) is 0 Å². The second-order valence-corrected chi connectivity index (χ2v) is 3.22. The molecule has 6 heteroatoms. The number of ether oxygens (including phenoxy) is 1. The third-order valence-electron chi connectivity index (χ3n) is 1.95. The van der Waals surface area contributed by atoms with Crippen LogP contribution in [0.25, 0.3) is 0 Å². The molecule has 1 aromatic heterocycles. The molecule has 16 heavy (non-hydrogen) atoms. The molecule has 0 aromatic carbocycles. The van der Waals surface area contributed by atoms with E-state index >= 15 is 0 Å². The highest BCUT2D eigenvalue weighted by Crippen LogP contribution is 2.15. The molecule has 0 saturated carbocycles. The van der Waals surface area contributed by atoms with Gasteiger partial charge in [-0.1, -0.05) is 6.07 Å². The van der Waals surface area contributed by atoms with Crippen LogP contribution in [0, 0.1) is 0 Å². The molecule has 1 heterocycles. The first-order valence-electron chi connectivity index (χ1n) is 4.84. The Morgan fingerprint density at radius 1 is 1.44 bits per heavy atom. The van der Waals surface area contributed by atoms with Gasteiger partial charge in [-0.15, -0.1) is 13.2 Å². The molecule has 90 valence electrons. The number of hydrogen-bond donors (Lipinski definition) is 1. The summed E-state index contributed by atoms with van der Waals surface area (Å²) in [7, 11) is 0. The highest BCUT2D eigenvalue weighted by atomic mass is 19.4. The minimum absolute atomic E-state index is 0.0990. The summed E-state index contributed by atoms with van der Waals surface area (Å²) in [4.78, 5) is 4.08. The Morgan fingerprint density at radius 2 is 2.19 bits per heavy atom. The fourth-order valence-corrected chi connectivity index (χ4v) is 1.18. The van der Waals surface area contributed by atoms with E-state index < -0.39 is 13.0 Å². The second-order valence-electron chi connectivity index (χ2n) is 3.22. The van der Waals surface area contributed by atoms with Gasteiger partial charge in [0.15, 0.2) is 0 Å². The lowest BCUT2D eigenvalue weighted by Crippen LogP contribution is -2.26. The van der Waals surface area contributed by atoms with Crippen LogP contribution < -0.4 is 5.32 Å². The summed E-state index contributed by atoms with van der Waals surface area (Å²) in [6.07, 6.45) is -2.92. The van der Waals surface area contributed by atoms with Crippen molar-refractivity contribution in [3.05, 3.63) is 30.1 Å². The zero-order valence-corrected chi connectivity index (χ0v) is 8.79. The van der Waals surface area contributed by atoms with Gasteiger partial charge in [0.2, 0.25) is 0 Å². The van der Waals surface area contributed by atoms with Gasteiger partial charge in [-0.3, -0.25) is 9.72 Å². The number of pyridine rings is 1. The molecule has 0 aliphatic carbocycles. The number of nitrogens with one attached hydrogen (secondary N) is 1. The van der Waals surface area contributed by atoms with Crippen LogP contribution in [0.2, 0.25) is 0 Å². The van der Waals surface area contributed by atoms with Crippen LogP contribution in [-0.2, 0) is 4.74 Å². The van der Waals surface area contributed by atoms with Gasteiger partial charge in [-0.25, -0.2) is 0 Å². The van der Waals surface area contributed by atoms with Gasteiger partial charge in [0.05, 0.1) is 12.3 Å². The lowest BCUT2D eigenvalue weighted by atomic mass is 10.2. The van der Waals surface area contributed by atoms with E-state index in [1.54, 1.807) is 12.3 Å². The van der Waals surface area contributed by atoms with E-state index in [-0.39, 0.29) is 12.6 Å². The third kappa shape index (κ3) is 5.09. The maximum absolute atomic E-state index is 11.6. The monoisotopic (exact) mass is 234 g/mol. The summed E-state index contributed by atoms with van der Waals surface area (Å²) in [6.45, 7) is 1.55. The summed E-state index contributed by atoms with van der Waals surface area (Å²) in [5, 5.41) is 2.88. The summed E-state index contributed by atoms with van der Waals surface area (Å²) in [5.41, 5.74) is 0.787. The SMILES string of the molecule is C[C@@H](NCCOC(F)(F)F)c1ccccn1. The number of nitrogens with zero attached hydrogens (tertiary/aromatic N) is 1. The molecule has 0 radical (unpaired) electrons. The topological polar surface area (TPSA) is 34.1 Å². The van der Waals surface area contributed by atoms with E-state index in [9.17, 15) is 13.2 Å². The van der Waals surface area contributed by atoms with E-state index in [1.165, 1.54) is 0 Å². The highest BCUT2D eigenvalue weighted by Gasteiger charge is 2.28. The summed E-state index contributed by atoms with van der Waals surface area (Å²) < 4.78 is 38.6.